The molecule has 1 amide bonds. The van der Waals surface area contributed by atoms with Crippen molar-refractivity contribution in [2.75, 3.05) is 13.1 Å². The van der Waals surface area contributed by atoms with E-state index >= 15 is 0 Å². The molecule has 0 aromatic heterocycles. The third-order valence-corrected chi connectivity index (χ3v) is 2.69. The molecule has 2 unspecified atom stereocenters. The molecular weight excluding hydrogens is 164 g/mol. The van der Waals surface area contributed by atoms with Gasteiger partial charge in [0, 0.05) is 12.6 Å². The van der Waals surface area contributed by atoms with E-state index in [-0.39, 0.29) is 11.8 Å². The Morgan fingerprint density at radius 1 is 1.62 bits per heavy atom. The van der Waals surface area contributed by atoms with Crippen LogP contribution < -0.4 is 10.6 Å². The molecule has 0 bridgehead atoms. The van der Waals surface area contributed by atoms with Crippen molar-refractivity contribution in [2.24, 2.45) is 5.92 Å². The van der Waals surface area contributed by atoms with E-state index in [0.29, 0.717) is 6.04 Å². The molecule has 76 valence electrons. The molecule has 3 nitrogen and oxygen atoms in total. The SMILES string of the molecule is CCCCNC(=O)C1CCNC1C. The van der Waals surface area contributed by atoms with E-state index in [1.165, 1.54) is 0 Å². The quantitative estimate of drug-likeness (QED) is 0.637. The number of nitrogens with one attached hydrogen (secondary N) is 2. The first-order valence-electron chi connectivity index (χ1n) is 5.26. The average Bonchev–Trinajstić information content (AvgIpc) is 2.52. The summed E-state index contributed by atoms with van der Waals surface area (Å²) in [6.07, 6.45) is 3.21. The monoisotopic (exact) mass is 184 g/mol. The van der Waals surface area contributed by atoms with Gasteiger partial charge in [-0.25, -0.2) is 0 Å². The molecule has 1 rings (SSSR count). The normalized spacial score (nSPS) is 27.5. The number of unbranched alkanes of at least 4 members (excludes halogenated alkanes) is 1. The van der Waals surface area contributed by atoms with E-state index in [2.05, 4.69) is 24.5 Å². The maximum atomic E-state index is 11.6. The maximum Gasteiger partial charge on any atom is 0.224 e. The first kappa shape index (κ1) is 10.5. The van der Waals surface area contributed by atoms with Gasteiger partial charge in [-0.1, -0.05) is 13.3 Å². The predicted octanol–water partition coefficient (Wildman–Crippen LogP) is 0.901. The summed E-state index contributed by atoms with van der Waals surface area (Å²) in [5.41, 5.74) is 0. The van der Waals surface area contributed by atoms with Crippen molar-refractivity contribution < 1.29 is 4.79 Å². The van der Waals surface area contributed by atoms with Crippen molar-refractivity contribution in [1.82, 2.24) is 10.6 Å². The van der Waals surface area contributed by atoms with Gasteiger partial charge in [-0.05, 0) is 26.3 Å². The van der Waals surface area contributed by atoms with Gasteiger partial charge in [0.05, 0.1) is 5.92 Å². The van der Waals surface area contributed by atoms with Gasteiger partial charge in [-0.15, -0.1) is 0 Å². The van der Waals surface area contributed by atoms with Crippen LogP contribution in [-0.4, -0.2) is 25.0 Å². The van der Waals surface area contributed by atoms with Crippen LogP contribution in [-0.2, 0) is 4.79 Å². The summed E-state index contributed by atoms with van der Waals surface area (Å²) in [7, 11) is 0. The molecule has 1 fully saturated rings. The molecule has 1 aliphatic heterocycles. The van der Waals surface area contributed by atoms with Crippen molar-refractivity contribution in [2.45, 2.75) is 39.2 Å². The van der Waals surface area contributed by atoms with E-state index < -0.39 is 0 Å². The van der Waals surface area contributed by atoms with Crippen LogP contribution in [0.5, 0.6) is 0 Å². The Hall–Kier alpha value is -0.570. The lowest BCUT2D eigenvalue weighted by Crippen LogP contribution is -2.37. The highest BCUT2D eigenvalue weighted by atomic mass is 16.1. The van der Waals surface area contributed by atoms with Crippen LogP contribution in [0.1, 0.15) is 33.1 Å². The number of rotatable bonds is 4. The first-order chi connectivity index (χ1) is 6.25. The zero-order valence-electron chi connectivity index (χ0n) is 8.60. The minimum atomic E-state index is 0.192. The fraction of sp³-hybridized carbons (Fsp3) is 0.900. The Balaban J connectivity index is 2.22. The lowest BCUT2D eigenvalue weighted by atomic mass is 10.0. The molecule has 1 aliphatic rings. The Morgan fingerprint density at radius 3 is 2.92 bits per heavy atom. The zero-order valence-corrected chi connectivity index (χ0v) is 8.60. The predicted molar refractivity (Wildman–Crippen MR) is 53.5 cm³/mol. The topological polar surface area (TPSA) is 41.1 Å². The Bertz CT molecular complexity index is 170. The van der Waals surface area contributed by atoms with E-state index in [9.17, 15) is 4.79 Å². The first-order valence-corrected chi connectivity index (χ1v) is 5.26. The standard InChI is InChI=1S/C10H20N2O/c1-3-4-6-12-10(13)9-5-7-11-8(9)2/h8-9,11H,3-7H2,1-2H3,(H,12,13). The number of hydrogen-bond donors (Lipinski definition) is 2. The van der Waals surface area contributed by atoms with Gasteiger partial charge in [0.1, 0.15) is 0 Å². The second-order valence-corrected chi connectivity index (χ2v) is 3.78. The van der Waals surface area contributed by atoms with E-state index in [1.54, 1.807) is 0 Å². The number of carbonyl (C=O) groups is 1. The van der Waals surface area contributed by atoms with Gasteiger partial charge in [0.25, 0.3) is 0 Å². The second-order valence-electron chi connectivity index (χ2n) is 3.78. The number of hydrogen-bond acceptors (Lipinski definition) is 2. The number of carbonyl (C=O) groups excluding carboxylic acids is 1. The third kappa shape index (κ3) is 2.99. The minimum Gasteiger partial charge on any atom is -0.356 e. The lowest BCUT2D eigenvalue weighted by molar-refractivity contribution is -0.125. The molecule has 0 aromatic rings. The highest BCUT2D eigenvalue weighted by Gasteiger charge is 2.28. The van der Waals surface area contributed by atoms with E-state index in [0.717, 1.165) is 32.4 Å². The van der Waals surface area contributed by atoms with Crippen molar-refractivity contribution in [3.63, 3.8) is 0 Å². The largest absolute Gasteiger partial charge is 0.356 e. The van der Waals surface area contributed by atoms with Crippen LogP contribution in [0.4, 0.5) is 0 Å². The van der Waals surface area contributed by atoms with Crippen molar-refractivity contribution in [3.05, 3.63) is 0 Å². The van der Waals surface area contributed by atoms with Crippen LogP contribution in [0.2, 0.25) is 0 Å². The highest BCUT2D eigenvalue weighted by Crippen LogP contribution is 2.14. The van der Waals surface area contributed by atoms with Crippen LogP contribution in [0.3, 0.4) is 0 Å². The van der Waals surface area contributed by atoms with Gasteiger partial charge >= 0.3 is 0 Å². The van der Waals surface area contributed by atoms with Crippen LogP contribution >= 0.6 is 0 Å². The van der Waals surface area contributed by atoms with Gasteiger partial charge in [0.15, 0.2) is 0 Å². The summed E-state index contributed by atoms with van der Waals surface area (Å²) in [5, 5.41) is 6.26. The second kappa shape index (κ2) is 5.22. The summed E-state index contributed by atoms with van der Waals surface area (Å²) in [6, 6.07) is 0.349. The molecule has 1 heterocycles. The zero-order chi connectivity index (χ0) is 9.68. The molecule has 0 radical (unpaired) electrons. The van der Waals surface area contributed by atoms with Gasteiger partial charge < -0.3 is 10.6 Å². The van der Waals surface area contributed by atoms with E-state index in [1.807, 2.05) is 0 Å². The molecule has 0 aromatic carbocycles. The average molecular weight is 184 g/mol. The molecule has 13 heavy (non-hydrogen) atoms. The van der Waals surface area contributed by atoms with Crippen LogP contribution in [0.25, 0.3) is 0 Å². The molecule has 1 saturated heterocycles. The molecule has 3 heteroatoms. The molecule has 2 atom stereocenters. The van der Waals surface area contributed by atoms with Crippen LogP contribution in [0.15, 0.2) is 0 Å². The van der Waals surface area contributed by atoms with Crippen molar-refractivity contribution in [3.8, 4) is 0 Å². The summed E-state index contributed by atoms with van der Waals surface area (Å²) in [5.74, 6) is 0.419. The molecule has 0 saturated carbocycles. The van der Waals surface area contributed by atoms with Crippen LogP contribution in [0, 0.1) is 5.92 Å². The maximum absolute atomic E-state index is 11.6. The Labute approximate surface area is 80.3 Å². The Kier molecular flexibility index (Phi) is 4.22. The fourth-order valence-electron chi connectivity index (χ4n) is 1.74. The van der Waals surface area contributed by atoms with Gasteiger partial charge in [-0.2, -0.15) is 0 Å². The number of amides is 1. The summed E-state index contributed by atoms with van der Waals surface area (Å²) in [6.45, 7) is 6.02. The highest BCUT2D eigenvalue weighted by molar-refractivity contribution is 5.79. The van der Waals surface area contributed by atoms with Crippen molar-refractivity contribution >= 4 is 5.91 Å². The lowest BCUT2D eigenvalue weighted by Gasteiger charge is -2.14. The van der Waals surface area contributed by atoms with Gasteiger partial charge in [0.2, 0.25) is 5.91 Å². The van der Waals surface area contributed by atoms with E-state index in [4.69, 9.17) is 0 Å². The molecule has 2 N–H and O–H groups in total. The van der Waals surface area contributed by atoms with Gasteiger partial charge in [-0.3, -0.25) is 4.79 Å². The molecular formula is C10H20N2O. The molecule has 0 aliphatic carbocycles. The summed E-state index contributed by atoms with van der Waals surface area (Å²) >= 11 is 0. The molecule has 0 spiro atoms. The smallest absolute Gasteiger partial charge is 0.224 e. The Morgan fingerprint density at radius 2 is 2.38 bits per heavy atom. The third-order valence-electron chi connectivity index (χ3n) is 2.69. The van der Waals surface area contributed by atoms with Crippen molar-refractivity contribution in [1.29, 1.82) is 0 Å². The fourth-order valence-corrected chi connectivity index (χ4v) is 1.74. The summed E-state index contributed by atoms with van der Waals surface area (Å²) < 4.78 is 0. The summed E-state index contributed by atoms with van der Waals surface area (Å²) in [4.78, 5) is 11.6. The minimum absolute atomic E-state index is 0.192.